The van der Waals surface area contributed by atoms with Gasteiger partial charge in [-0.3, -0.25) is 9.69 Å². The molecular weight excluding hydrogens is 256 g/mol. The van der Waals surface area contributed by atoms with Crippen molar-refractivity contribution in [1.82, 2.24) is 10.2 Å². The second-order valence-electron chi connectivity index (χ2n) is 5.16. The summed E-state index contributed by atoms with van der Waals surface area (Å²) in [7, 11) is 0. The van der Waals surface area contributed by atoms with E-state index in [-0.39, 0.29) is 5.91 Å². The molecule has 1 amide bonds. The van der Waals surface area contributed by atoms with Crippen LogP contribution in [0.2, 0.25) is 0 Å². The third-order valence-corrected chi connectivity index (χ3v) is 4.80. The summed E-state index contributed by atoms with van der Waals surface area (Å²) in [5.41, 5.74) is 0. The van der Waals surface area contributed by atoms with E-state index in [1.807, 2.05) is 6.07 Å². The predicted molar refractivity (Wildman–Crippen MR) is 80.5 cm³/mol. The van der Waals surface area contributed by atoms with Gasteiger partial charge in [-0.05, 0) is 43.8 Å². The molecular formula is C15H24N2OS. The second-order valence-corrected chi connectivity index (χ2v) is 6.19. The maximum atomic E-state index is 11.9. The number of rotatable bonds is 6. The SMILES string of the molecule is CCN1CCCCC1CNC(=O)CCc1cccs1. The van der Waals surface area contributed by atoms with Crippen molar-refractivity contribution in [3.8, 4) is 0 Å². The minimum absolute atomic E-state index is 0.190. The minimum atomic E-state index is 0.190. The fraction of sp³-hybridized carbons (Fsp3) is 0.667. The van der Waals surface area contributed by atoms with Crippen LogP contribution in [0.5, 0.6) is 0 Å². The first-order chi connectivity index (χ1) is 9.29. The largest absolute Gasteiger partial charge is 0.355 e. The molecule has 4 heteroatoms. The van der Waals surface area contributed by atoms with Gasteiger partial charge in [0.2, 0.25) is 5.91 Å². The Hall–Kier alpha value is -0.870. The summed E-state index contributed by atoms with van der Waals surface area (Å²) in [5.74, 6) is 0.190. The van der Waals surface area contributed by atoms with Crippen molar-refractivity contribution in [2.24, 2.45) is 0 Å². The summed E-state index contributed by atoms with van der Waals surface area (Å²) >= 11 is 1.73. The van der Waals surface area contributed by atoms with E-state index in [0.29, 0.717) is 12.5 Å². The van der Waals surface area contributed by atoms with Crippen LogP contribution in [-0.2, 0) is 11.2 Å². The molecule has 0 radical (unpaired) electrons. The van der Waals surface area contributed by atoms with Gasteiger partial charge < -0.3 is 5.32 Å². The molecule has 3 nitrogen and oxygen atoms in total. The van der Waals surface area contributed by atoms with Gasteiger partial charge in [-0.1, -0.05) is 19.4 Å². The topological polar surface area (TPSA) is 32.3 Å². The van der Waals surface area contributed by atoms with E-state index in [0.717, 1.165) is 19.5 Å². The standard InChI is InChI=1S/C15H24N2OS/c1-2-17-10-4-3-6-13(17)12-16-15(18)9-8-14-7-5-11-19-14/h5,7,11,13H,2-4,6,8-10,12H2,1H3,(H,16,18). The van der Waals surface area contributed by atoms with E-state index >= 15 is 0 Å². The first-order valence-electron chi connectivity index (χ1n) is 7.32. The van der Waals surface area contributed by atoms with Gasteiger partial charge in [0.1, 0.15) is 0 Å². The average molecular weight is 280 g/mol. The lowest BCUT2D eigenvalue weighted by Crippen LogP contribution is -2.46. The summed E-state index contributed by atoms with van der Waals surface area (Å²) in [6, 6.07) is 4.68. The zero-order valence-electron chi connectivity index (χ0n) is 11.7. The number of aryl methyl sites for hydroxylation is 1. The van der Waals surface area contributed by atoms with E-state index in [9.17, 15) is 4.79 Å². The molecule has 1 atom stereocenters. The average Bonchev–Trinajstić information content (AvgIpc) is 2.96. The highest BCUT2D eigenvalue weighted by Crippen LogP contribution is 2.16. The summed E-state index contributed by atoms with van der Waals surface area (Å²) in [5, 5.41) is 5.17. The molecule has 1 aliphatic heterocycles. The lowest BCUT2D eigenvalue weighted by atomic mass is 10.0. The minimum Gasteiger partial charge on any atom is -0.355 e. The fourth-order valence-corrected chi connectivity index (χ4v) is 3.43. The normalized spacial score (nSPS) is 20.4. The smallest absolute Gasteiger partial charge is 0.220 e. The van der Waals surface area contributed by atoms with E-state index < -0.39 is 0 Å². The fourth-order valence-electron chi connectivity index (χ4n) is 2.72. The molecule has 1 aromatic heterocycles. The lowest BCUT2D eigenvalue weighted by molar-refractivity contribution is -0.121. The molecule has 0 aliphatic carbocycles. The van der Waals surface area contributed by atoms with Crippen LogP contribution in [0.15, 0.2) is 17.5 Å². The number of likely N-dealkylation sites (N-methyl/N-ethyl adjacent to an activating group) is 1. The van der Waals surface area contributed by atoms with Gasteiger partial charge in [0, 0.05) is 23.9 Å². The third-order valence-electron chi connectivity index (χ3n) is 3.87. The third kappa shape index (κ3) is 4.62. The highest BCUT2D eigenvalue weighted by atomic mass is 32.1. The molecule has 0 bridgehead atoms. The number of carbonyl (C=O) groups is 1. The molecule has 1 unspecified atom stereocenters. The Balaban J connectivity index is 1.67. The molecule has 19 heavy (non-hydrogen) atoms. The molecule has 0 spiro atoms. The predicted octanol–water partition coefficient (Wildman–Crippen LogP) is 2.67. The van der Waals surface area contributed by atoms with Crippen molar-refractivity contribution in [3.63, 3.8) is 0 Å². The maximum Gasteiger partial charge on any atom is 0.220 e. The van der Waals surface area contributed by atoms with Crippen molar-refractivity contribution in [2.75, 3.05) is 19.6 Å². The number of nitrogens with zero attached hydrogens (tertiary/aromatic N) is 1. The summed E-state index contributed by atoms with van der Waals surface area (Å²) < 4.78 is 0. The zero-order chi connectivity index (χ0) is 13.5. The molecule has 1 aromatic rings. The van der Waals surface area contributed by atoms with E-state index in [1.54, 1.807) is 11.3 Å². The van der Waals surface area contributed by atoms with Crippen molar-refractivity contribution in [1.29, 1.82) is 0 Å². The highest BCUT2D eigenvalue weighted by Gasteiger charge is 2.20. The number of piperidine rings is 1. The molecule has 1 aliphatic rings. The van der Waals surface area contributed by atoms with Gasteiger partial charge in [-0.25, -0.2) is 0 Å². The molecule has 106 valence electrons. The molecule has 1 fully saturated rings. The van der Waals surface area contributed by atoms with Crippen molar-refractivity contribution in [2.45, 2.75) is 45.1 Å². The van der Waals surface area contributed by atoms with Crippen LogP contribution in [0.1, 0.15) is 37.5 Å². The highest BCUT2D eigenvalue weighted by molar-refractivity contribution is 7.09. The Labute approximate surface area is 120 Å². The van der Waals surface area contributed by atoms with E-state index in [4.69, 9.17) is 0 Å². The monoisotopic (exact) mass is 280 g/mol. The number of nitrogens with one attached hydrogen (secondary N) is 1. The second kappa shape index (κ2) is 7.65. The summed E-state index contributed by atoms with van der Waals surface area (Å²) in [6.45, 7) is 5.30. The molecule has 0 aromatic carbocycles. The van der Waals surface area contributed by atoms with E-state index in [2.05, 4.69) is 28.6 Å². The molecule has 2 heterocycles. The van der Waals surface area contributed by atoms with Crippen LogP contribution in [-0.4, -0.2) is 36.5 Å². The van der Waals surface area contributed by atoms with E-state index in [1.165, 1.54) is 30.7 Å². The Morgan fingerprint density at radius 1 is 1.53 bits per heavy atom. The number of amides is 1. The Kier molecular flexibility index (Phi) is 5.86. The summed E-state index contributed by atoms with van der Waals surface area (Å²) in [4.78, 5) is 15.6. The van der Waals surface area contributed by atoms with Crippen LogP contribution in [0.3, 0.4) is 0 Å². The van der Waals surface area contributed by atoms with Crippen LogP contribution in [0.4, 0.5) is 0 Å². The summed E-state index contributed by atoms with van der Waals surface area (Å²) in [6.07, 6.45) is 5.30. The van der Waals surface area contributed by atoms with Gasteiger partial charge in [0.05, 0.1) is 0 Å². The first kappa shape index (κ1) is 14.5. The number of thiophene rings is 1. The van der Waals surface area contributed by atoms with Crippen LogP contribution < -0.4 is 5.32 Å². The quantitative estimate of drug-likeness (QED) is 0.869. The van der Waals surface area contributed by atoms with Crippen LogP contribution >= 0.6 is 11.3 Å². The Morgan fingerprint density at radius 3 is 3.16 bits per heavy atom. The molecule has 0 saturated carbocycles. The first-order valence-corrected chi connectivity index (χ1v) is 8.20. The number of hydrogen-bond acceptors (Lipinski definition) is 3. The van der Waals surface area contributed by atoms with Crippen LogP contribution in [0, 0.1) is 0 Å². The Morgan fingerprint density at radius 2 is 2.42 bits per heavy atom. The van der Waals surface area contributed by atoms with Gasteiger partial charge in [-0.15, -0.1) is 11.3 Å². The maximum absolute atomic E-state index is 11.9. The lowest BCUT2D eigenvalue weighted by Gasteiger charge is -2.34. The van der Waals surface area contributed by atoms with Crippen molar-refractivity contribution in [3.05, 3.63) is 22.4 Å². The van der Waals surface area contributed by atoms with Gasteiger partial charge in [-0.2, -0.15) is 0 Å². The number of likely N-dealkylation sites (tertiary alicyclic amines) is 1. The van der Waals surface area contributed by atoms with Crippen LogP contribution in [0.25, 0.3) is 0 Å². The van der Waals surface area contributed by atoms with Gasteiger partial charge in [0.25, 0.3) is 0 Å². The number of hydrogen-bond donors (Lipinski definition) is 1. The van der Waals surface area contributed by atoms with Gasteiger partial charge in [0.15, 0.2) is 0 Å². The van der Waals surface area contributed by atoms with Crippen molar-refractivity contribution < 1.29 is 4.79 Å². The molecule has 2 rings (SSSR count). The molecule has 1 N–H and O–H groups in total. The molecule has 1 saturated heterocycles. The van der Waals surface area contributed by atoms with Gasteiger partial charge >= 0.3 is 0 Å². The van der Waals surface area contributed by atoms with Crippen molar-refractivity contribution >= 4 is 17.2 Å². The zero-order valence-corrected chi connectivity index (χ0v) is 12.5. The number of carbonyl (C=O) groups excluding carboxylic acids is 1. The Bertz CT molecular complexity index is 378.